The van der Waals surface area contributed by atoms with Crippen LogP contribution in [-0.4, -0.2) is 96.7 Å². The number of unbranched alkanes of at least 4 members (excludes halogenated alkanes) is 21. The van der Waals surface area contributed by atoms with Gasteiger partial charge in [0.1, 0.15) is 19.3 Å². The summed E-state index contributed by atoms with van der Waals surface area (Å²) >= 11 is 0. The molecule has 0 aliphatic carbocycles. The summed E-state index contributed by atoms with van der Waals surface area (Å²) in [5.74, 6) is -2.36. The second kappa shape index (κ2) is 75.9. The molecule has 592 valence electrons. The molecular weight excluding hydrogens is 1350 g/mol. The summed E-state index contributed by atoms with van der Waals surface area (Å²) in [7, 11) is -10.0. The number of carbonyl (C=O) groups excluding carboxylic acids is 4. The van der Waals surface area contributed by atoms with Crippen molar-refractivity contribution in [1.82, 2.24) is 0 Å². The summed E-state index contributed by atoms with van der Waals surface area (Å²) in [6.45, 7) is 4.45. The molecule has 0 saturated heterocycles. The molecule has 0 aliphatic heterocycles. The fourth-order valence-electron chi connectivity index (χ4n) is 10.0. The number of hydrogen-bond acceptors (Lipinski definition) is 15. The van der Waals surface area contributed by atoms with E-state index in [4.69, 9.17) is 37.0 Å². The zero-order valence-electron chi connectivity index (χ0n) is 64.6. The van der Waals surface area contributed by atoms with Crippen LogP contribution >= 0.6 is 15.6 Å². The van der Waals surface area contributed by atoms with Crippen LogP contribution in [0.5, 0.6) is 0 Å². The van der Waals surface area contributed by atoms with Crippen molar-refractivity contribution in [2.75, 3.05) is 39.6 Å². The number of ether oxygens (including phenoxy) is 4. The highest BCUT2D eigenvalue weighted by atomic mass is 31.2. The molecule has 0 radical (unpaired) electrons. The van der Waals surface area contributed by atoms with Crippen LogP contribution in [0.25, 0.3) is 0 Å². The molecule has 0 aliphatic rings. The van der Waals surface area contributed by atoms with E-state index in [0.29, 0.717) is 38.5 Å². The lowest BCUT2D eigenvalue weighted by Crippen LogP contribution is -2.30. The van der Waals surface area contributed by atoms with Crippen molar-refractivity contribution in [3.05, 3.63) is 158 Å². The summed E-state index contributed by atoms with van der Waals surface area (Å²) in [4.78, 5) is 72.9. The van der Waals surface area contributed by atoms with Gasteiger partial charge in [-0.05, 0) is 135 Å². The third-order valence-electron chi connectivity index (χ3n) is 16.0. The number of allylic oxidation sites excluding steroid dienone is 26. The Morgan fingerprint density at radius 2 is 0.529 bits per heavy atom. The smallest absolute Gasteiger partial charge is 0.462 e. The van der Waals surface area contributed by atoms with E-state index < -0.39 is 97.5 Å². The molecule has 0 amide bonds. The molecule has 0 fully saturated rings. The highest BCUT2D eigenvalue weighted by Crippen LogP contribution is 2.45. The minimum atomic E-state index is -5.00. The van der Waals surface area contributed by atoms with Gasteiger partial charge in [-0.25, -0.2) is 9.13 Å². The largest absolute Gasteiger partial charge is 0.472 e. The summed E-state index contributed by atoms with van der Waals surface area (Å²) in [5, 5.41) is 10.6. The minimum Gasteiger partial charge on any atom is -0.462 e. The van der Waals surface area contributed by atoms with Gasteiger partial charge in [-0.15, -0.1) is 0 Å². The maximum absolute atomic E-state index is 13.1. The highest BCUT2D eigenvalue weighted by Gasteiger charge is 2.30. The minimum absolute atomic E-state index is 0.0323. The first kappa shape index (κ1) is 98.7. The Hall–Kier alpha value is -5.32. The van der Waals surface area contributed by atoms with Gasteiger partial charge in [-0.3, -0.25) is 37.3 Å². The number of rotatable bonds is 73. The fourth-order valence-corrected chi connectivity index (χ4v) is 11.6. The third kappa shape index (κ3) is 74.9. The standard InChI is InChI=1S/C85H140O17P2/c1-5-9-13-17-21-25-29-33-36-38-39-41-44-47-50-54-58-62-66-70-83(88)95-75-80(101-84(89)71-67-63-59-55-51-45-32-28-24-20-16-12-8-4)77-99-103(91,92)97-73-79(86)74-98-104(93,94)100-78-81(102-85(90)72-68-64-60-56-52-48-42-35-31-27-23-19-15-11-7-3)76-96-82(87)69-65-61-57-53-49-46-43-40-37-34-30-26-22-18-14-10-6-2/h9-10,13-14,21-23,25-27,33-37,39,41-43,46-47,50,53,57-58,62,79-81,86H,5-8,11-12,15-20,24,28-32,38,40,44-45,48-49,51-52,54-56,59-61,63-78H2,1-4H3,(H,91,92)(H,93,94)/b13-9-,14-10-,25-21-,26-22-,27-23-,36-33-,37-34-,41-39-,42-35-,46-43-,50-47-,57-53-,62-58-. The maximum atomic E-state index is 13.1. The Labute approximate surface area is 629 Å². The Balaban J connectivity index is 5.48. The van der Waals surface area contributed by atoms with E-state index in [1.54, 1.807) is 0 Å². The van der Waals surface area contributed by atoms with Crippen molar-refractivity contribution in [3.63, 3.8) is 0 Å². The number of phosphoric acid groups is 2. The van der Waals surface area contributed by atoms with Gasteiger partial charge in [0, 0.05) is 25.7 Å². The van der Waals surface area contributed by atoms with Crippen molar-refractivity contribution >= 4 is 39.5 Å². The molecule has 5 unspecified atom stereocenters. The van der Waals surface area contributed by atoms with Crippen LogP contribution in [0.3, 0.4) is 0 Å². The van der Waals surface area contributed by atoms with Gasteiger partial charge in [0.2, 0.25) is 0 Å². The maximum Gasteiger partial charge on any atom is 0.472 e. The lowest BCUT2D eigenvalue weighted by Gasteiger charge is -2.21. The van der Waals surface area contributed by atoms with Crippen molar-refractivity contribution in [3.8, 4) is 0 Å². The summed E-state index contributed by atoms with van der Waals surface area (Å²) in [6.07, 6.45) is 88.2. The van der Waals surface area contributed by atoms with E-state index in [1.165, 1.54) is 70.6 Å². The average molecular weight is 1500 g/mol. The van der Waals surface area contributed by atoms with Gasteiger partial charge in [0.15, 0.2) is 12.2 Å². The summed E-state index contributed by atoms with van der Waals surface area (Å²) in [5.41, 5.74) is 0. The second-order valence-corrected chi connectivity index (χ2v) is 28.8. The molecule has 0 aromatic rings. The predicted molar refractivity (Wildman–Crippen MR) is 427 cm³/mol. The molecular formula is C85H140O17P2. The Bertz CT molecular complexity index is 2590. The van der Waals surface area contributed by atoms with Crippen LogP contribution in [0.1, 0.15) is 297 Å². The van der Waals surface area contributed by atoms with Gasteiger partial charge >= 0.3 is 39.5 Å². The normalized spacial score (nSPS) is 14.7. The van der Waals surface area contributed by atoms with E-state index in [-0.39, 0.29) is 25.7 Å². The second-order valence-electron chi connectivity index (χ2n) is 25.9. The summed E-state index contributed by atoms with van der Waals surface area (Å²) < 4.78 is 68.4. The lowest BCUT2D eigenvalue weighted by atomic mass is 10.0. The van der Waals surface area contributed by atoms with Gasteiger partial charge in [-0.2, -0.15) is 0 Å². The first-order valence-electron chi connectivity index (χ1n) is 39.7. The lowest BCUT2D eigenvalue weighted by molar-refractivity contribution is -0.161. The van der Waals surface area contributed by atoms with Gasteiger partial charge in [0.25, 0.3) is 0 Å². The molecule has 0 bridgehead atoms. The van der Waals surface area contributed by atoms with Gasteiger partial charge in [-0.1, -0.05) is 295 Å². The zero-order chi connectivity index (χ0) is 76.0. The van der Waals surface area contributed by atoms with E-state index in [0.717, 1.165) is 135 Å². The number of aliphatic hydroxyl groups is 1. The predicted octanol–water partition coefficient (Wildman–Crippen LogP) is 23.2. The fraction of sp³-hybridized carbons (Fsp3) is 0.647. The van der Waals surface area contributed by atoms with Crippen molar-refractivity contribution in [1.29, 1.82) is 0 Å². The average Bonchev–Trinajstić information content (AvgIpc) is 0.939. The Kier molecular flexibility index (Phi) is 72.0. The summed E-state index contributed by atoms with van der Waals surface area (Å²) in [6, 6.07) is 0. The molecule has 19 heteroatoms. The SMILES string of the molecule is CC/C=C\C/C=C\C/C=C\C/C=C\C/C=C\C/C=C\CCC(=O)OCC(COP(=O)(O)OCC(O)COP(=O)(O)OCC(COC(=O)CCC/C=C\C/C=C\C/C=C\C/C=C\C/C=C\CC)OC(=O)CCCCCCC/C=C\C/C=C\CCCCC)OC(=O)CCCCCCCCCCCCCCC. The number of hydrogen-bond donors (Lipinski definition) is 3. The zero-order valence-corrected chi connectivity index (χ0v) is 66.4. The Morgan fingerprint density at radius 3 is 0.875 bits per heavy atom. The first-order chi connectivity index (χ1) is 50.7. The van der Waals surface area contributed by atoms with Crippen LogP contribution < -0.4 is 0 Å². The van der Waals surface area contributed by atoms with Gasteiger partial charge < -0.3 is 33.8 Å². The van der Waals surface area contributed by atoms with Crippen LogP contribution in [0.2, 0.25) is 0 Å². The number of phosphoric ester groups is 2. The van der Waals surface area contributed by atoms with E-state index in [1.807, 2.05) is 30.4 Å². The molecule has 3 N–H and O–H groups in total. The van der Waals surface area contributed by atoms with Crippen LogP contribution in [0, 0.1) is 0 Å². The molecule has 0 saturated carbocycles. The number of esters is 4. The molecule has 0 aromatic carbocycles. The van der Waals surface area contributed by atoms with E-state index in [9.17, 15) is 43.2 Å². The monoisotopic (exact) mass is 1490 g/mol. The van der Waals surface area contributed by atoms with Crippen LogP contribution in [-0.2, 0) is 65.4 Å². The first-order valence-corrected chi connectivity index (χ1v) is 42.7. The molecule has 17 nitrogen and oxygen atoms in total. The number of carbonyl (C=O) groups is 4. The van der Waals surface area contributed by atoms with Crippen molar-refractivity contribution in [2.24, 2.45) is 0 Å². The molecule has 0 heterocycles. The topological polar surface area (TPSA) is 237 Å². The quantitative estimate of drug-likeness (QED) is 0.0169. The van der Waals surface area contributed by atoms with E-state index >= 15 is 0 Å². The molecule has 104 heavy (non-hydrogen) atoms. The molecule has 0 rings (SSSR count). The molecule has 5 atom stereocenters. The highest BCUT2D eigenvalue weighted by molar-refractivity contribution is 7.47. The van der Waals surface area contributed by atoms with Crippen molar-refractivity contribution < 1.29 is 80.2 Å². The van der Waals surface area contributed by atoms with Crippen LogP contribution in [0.4, 0.5) is 0 Å². The van der Waals surface area contributed by atoms with Crippen LogP contribution in [0.15, 0.2) is 158 Å². The van der Waals surface area contributed by atoms with Gasteiger partial charge in [0.05, 0.1) is 26.4 Å². The van der Waals surface area contributed by atoms with E-state index in [2.05, 4.69) is 155 Å². The third-order valence-corrected chi connectivity index (χ3v) is 17.9. The molecule has 0 spiro atoms. The Morgan fingerprint density at radius 1 is 0.279 bits per heavy atom. The van der Waals surface area contributed by atoms with Crippen molar-refractivity contribution in [2.45, 2.75) is 316 Å². The molecule has 0 aromatic heterocycles. The number of aliphatic hydroxyl groups excluding tert-OH is 1.